The molecule has 2 rings (SSSR count). The lowest BCUT2D eigenvalue weighted by Crippen LogP contribution is -2.30. The Morgan fingerprint density at radius 3 is 3.00 bits per heavy atom. The molecular formula is C11H13FN2O2. The van der Waals surface area contributed by atoms with Crippen LogP contribution in [0.4, 0.5) is 10.1 Å². The summed E-state index contributed by atoms with van der Waals surface area (Å²) in [6, 6.07) is 4.16. The summed E-state index contributed by atoms with van der Waals surface area (Å²) < 4.78 is 18.6. The number of anilines is 1. The highest BCUT2D eigenvalue weighted by molar-refractivity contribution is 5.87. The lowest BCUT2D eigenvalue weighted by Gasteiger charge is -2.15. The predicted molar refractivity (Wildman–Crippen MR) is 58.0 cm³/mol. The van der Waals surface area contributed by atoms with E-state index >= 15 is 0 Å². The number of hydrogen-bond donors (Lipinski definition) is 2. The van der Waals surface area contributed by atoms with Gasteiger partial charge < -0.3 is 15.4 Å². The van der Waals surface area contributed by atoms with Crippen molar-refractivity contribution in [2.45, 2.75) is 12.5 Å². The molecule has 1 amide bonds. The average molecular weight is 224 g/mol. The summed E-state index contributed by atoms with van der Waals surface area (Å²) in [5.74, 6) is -0.121. The van der Waals surface area contributed by atoms with Gasteiger partial charge in [0.1, 0.15) is 23.3 Å². The molecule has 1 aliphatic heterocycles. The normalized spacial score (nSPS) is 19.4. The first-order chi connectivity index (χ1) is 7.72. The van der Waals surface area contributed by atoms with Gasteiger partial charge in [-0.2, -0.15) is 0 Å². The minimum atomic E-state index is -0.418. The summed E-state index contributed by atoms with van der Waals surface area (Å²) in [6.45, 7) is 0.618. The van der Waals surface area contributed by atoms with E-state index in [2.05, 4.69) is 10.6 Å². The van der Waals surface area contributed by atoms with E-state index in [0.29, 0.717) is 18.7 Å². The molecule has 1 saturated heterocycles. The van der Waals surface area contributed by atoms with Crippen LogP contribution in [0, 0.1) is 5.82 Å². The van der Waals surface area contributed by atoms with E-state index in [1.807, 2.05) is 0 Å². The highest BCUT2D eigenvalue weighted by Crippen LogP contribution is 2.28. The van der Waals surface area contributed by atoms with Gasteiger partial charge in [-0.25, -0.2) is 4.39 Å². The topological polar surface area (TPSA) is 50.4 Å². The molecule has 4 nitrogen and oxygen atoms in total. The molecular weight excluding hydrogens is 211 g/mol. The number of benzene rings is 1. The van der Waals surface area contributed by atoms with Gasteiger partial charge in [0, 0.05) is 6.54 Å². The summed E-state index contributed by atoms with van der Waals surface area (Å²) in [5, 5.41) is 5.55. The fourth-order valence-electron chi connectivity index (χ4n) is 1.72. The van der Waals surface area contributed by atoms with Gasteiger partial charge in [-0.1, -0.05) is 6.07 Å². The minimum Gasteiger partial charge on any atom is -0.494 e. The summed E-state index contributed by atoms with van der Waals surface area (Å²) >= 11 is 0. The van der Waals surface area contributed by atoms with Crippen LogP contribution >= 0.6 is 0 Å². The van der Waals surface area contributed by atoms with Crippen LogP contribution in [0.5, 0.6) is 5.75 Å². The average Bonchev–Trinajstić information content (AvgIpc) is 2.67. The Labute approximate surface area is 92.8 Å². The second-order valence-corrected chi connectivity index (χ2v) is 3.59. The quantitative estimate of drug-likeness (QED) is 0.809. The molecule has 0 spiro atoms. The van der Waals surface area contributed by atoms with Crippen LogP contribution in [0.25, 0.3) is 0 Å². The predicted octanol–water partition coefficient (Wildman–Crippen LogP) is 1.13. The SMILES string of the molecule is COc1cccc(F)c1NC1CCNC1=O. The van der Waals surface area contributed by atoms with Gasteiger partial charge in [-0.15, -0.1) is 0 Å². The molecule has 0 aromatic heterocycles. The van der Waals surface area contributed by atoms with Gasteiger partial charge in [0.2, 0.25) is 5.91 Å². The van der Waals surface area contributed by atoms with Gasteiger partial charge in [0.25, 0.3) is 0 Å². The number of rotatable bonds is 3. The van der Waals surface area contributed by atoms with Crippen LogP contribution in [-0.4, -0.2) is 25.6 Å². The van der Waals surface area contributed by atoms with Crippen molar-refractivity contribution >= 4 is 11.6 Å². The standard InChI is InChI=1S/C11H13FN2O2/c1-16-9-4-2-3-7(12)10(9)14-8-5-6-13-11(8)15/h2-4,8,14H,5-6H2,1H3,(H,13,15). The number of halogens is 1. The van der Waals surface area contributed by atoms with E-state index in [1.165, 1.54) is 13.2 Å². The molecule has 2 N–H and O–H groups in total. The first-order valence-corrected chi connectivity index (χ1v) is 5.09. The number of methoxy groups -OCH3 is 1. The lowest BCUT2D eigenvalue weighted by molar-refractivity contribution is -0.119. The third-order valence-electron chi connectivity index (χ3n) is 2.56. The number of ether oxygens (including phenoxy) is 1. The highest BCUT2D eigenvalue weighted by atomic mass is 19.1. The third kappa shape index (κ3) is 1.93. The molecule has 0 bridgehead atoms. The number of nitrogens with one attached hydrogen (secondary N) is 2. The van der Waals surface area contributed by atoms with Crippen molar-refractivity contribution in [3.63, 3.8) is 0 Å². The van der Waals surface area contributed by atoms with Crippen LogP contribution in [-0.2, 0) is 4.79 Å². The van der Waals surface area contributed by atoms with Crippen molar-refractivity contribution in [1.82, 2.24) is 5.32 Å². The lowest BCUT2D eigenvalue weighted by atomic mass is 10.2. The Bertz CT molecular complexity index is 409. The third-order valence-corrected chi connectivity index (χ3v) is 2.56. The number of carbonyl (C=O) groups excluding carboxylic acids is 1. The fraction of sp³-hybridized carbons (Fsp3) is 0.364. The molecule has 1 heterocycles. The zero-order valence-electron chi connectivity index (χ0n) is 8.92. The maximum absolute atomic E-state index is 13.5. The molecule has 0 aliphatic carbocycles. The Morgan fingerprint density at radius 1 is 1.56 bits per heavy atom. The molecule has 1 unspecified atom stereocenters. The Hall–Kier alpha value is -1.78. The van der Waals surface area contributed by atoms with Gasteiger partial charge in [0.05, 0.1) is 7.11 Å². The Balaban J connectivity index is 2.22. The van der Waals surface area contributed by atoms with Crippen LogP contribution in [0.1, 0.15) is 6.42 Å². The Morgan fingerprint density at radius 2 is 2.38 bits per heavy atom. The number of para-hydroxylation sites is 1. The van der Waals surface area contributed by atoms with Crippen LogP contribution in [0.3, 0.4) is 0 Å². The fourth-order valence-corrected chi connectivity index (χ4v) is 1.72. The van der Waals surface area contributed by atoms with Gasteiger partial charge in [0.15, 0.2) is 0 Å². The zero-order valence-corrected chi connectivity index (χ0v) is 8.92. The molecule has 5 heteroatoms. The first-order valence-electron chi connectivity index (χ1n) is 5.09. The van der Waals surface area contributed by atoms with E-state index < -0.39 is 5.82 Å². The van der Waals surface area contributed by atoms with Gasteiger partial charge >= 0.3 is 0 Å². The summed E-state index contributed by atoms with van der Waals surface area (Å²) in [6.07, 6.45) is 0.649. The van der Waals surface area contributed by atoms with Crippen LogP contribution in [0.2, 0.25) is 0 Å². The van der Waals surface area contributed by atoms with Gasteiger partial charge in [-0.3, -0.25) is 4.79 Å². The molecule has 1 atom stereocenters. The van der Waals surface area contributed by atoms with E-state index in [4.69, 9.17) is 4.74 Å². The Kier molecular flexibility index (Phi) is 2.94. The second-order valence-electron chi connectivity index (χ2n) is 3.59. The minimum absolute atomic E-state index is 0.106. The van der Waals surface area contributed by atoms with Crippen LogP contribution in [0.15, 0.2) is 18.2 Å². The van der Waals surface area contributed by atoms with E-state index in [9.17, 15) is 9.18 Å². The smallest absolute Gasteiger partial charge is 0.242 e. The van der Waals surface area contributed by atoms with Crippen molar-refractivity contribution in [1.29, 1.82) is 0 Å². The van der Waals surface area contributed by atoms with Crippen molar-refractivity contribution in [2.75, 3.05) is 19.0 Å². The largest absolute Gasteiger partial charge is 0.494 e. The molecule has 0 radical (unpaired) electrons. The van der Waals surface area contributed by atoms with Crippen molar-refractivity contribution < 1.29 is 13.9 Å². The molecule has 1 aromatic carbocycles. The maximum atomic E-state index is 13.5. The molecule has 1 fully saturated rings. The monoisotopic (exact) mass is 224 g/mol. The molecule has 1 aliphatic rings. The van der Waals surface area contributed by atoms with E-state index in [0.717, 1.165) is 0 Å². The van der Waals surface area contributed by atoms with E-state index in [1.54, 1.807) is 12.1 Å². The summed E-state index contributed by atoms with van der Waals surface area (Å²) in [5.41, 5.74) is 0.243. The molecule has 86 valence electrons. The summed E-state index contributed by atoms with van der Waals surface area (Å²) in [7, 11) is 1.47. The van der Waals surface area contributed by atoms with Crippen molar-refractivity contribution in [2.24, 2.45) is 0 Å². The number of carbonyl (C=O) groups is 1. The zero-order chi connectivity index (χ0) is 11.5. The summed E-state index contributed by atoms with van der Waals surface area (Å²) in [4.78, 5) is 11.4. The van der Waals surface area contributed by atoms with Crippen molar-refractivity contribution in [3.05, 3.63) is 24.0 Å². The van der Waals surface area contributed by atoms with Gasteiger partial charge in [-0.05, 0) is 18.6 Å². The molecule has 16 heavy (non-hydrogen) atoms. The van der Waals surface area contributed by atoms with E-state index in [-0.39, 0.29) is 17.6 Å². The molecule has 1 aromatic rings. The second kappa shape index (κ2) is 4.38. The molecule has 0 saturated carbocycles. The maximum Gasteiger partial charge on any atom is 0.242 e. The highest BCUT2D eigenvalue weighted by Gasteiger charge is 2.25. The number of amides is 1. The van der Waals surface area contributed by atoms with Crippen molar-refractivity contribution in [3.8, 4) is 5.75 Å². The number of hydrogen-bond acceptors (Lipinski definition) is 3. The first kappa shape index (κ1) is 10.7. The van der Waals surface area contributed by atoms with Crippen LogP contribution < -0.4 is 15.4 Å².